The topological polar surface area (TPSA) is 124 Å². The van der Waals surface area contributed by atoms with Crippen molar-refractivity contribution >= 4 is 5.69 Å². The number of anilines is 1. The SMILES string of the molecule is C=C(C)[C@H]1O[C@H]2CC[C@@]3(C)[C@@](O)(CC[C@H]4[C@@H]5OC(C)(C)[C@H]6C[C@@H]7C(C)C(O)c8ccc9c(c8[C@@]76O)C5C(N9)[C@@]43C)[C@]23O[C@@H]3[C@H]1O. The van der Waals surface area contributed by atoms with Crippen LogP contribution in [0.25, 0.3) is 0 Å². The van der Waals surface area contributed by atoms with Gasteiger partial charge in [0.15, 0.2) is 5.60 Å². The van der Waals surface area contributed by atoms with E-state index >= 15 is 0 Å². The molecule has 5 N–H and O–H groups in total. The van der Waals surface area contributed by atoms with Crippen LogP contribution in [0.3, 0.4) is 0 Å². The molecule has 9 aliphatic rings. The van der Waals surface area contributed by atoms with Crippen LogP contribution in [-0.2, 0) is 19.8 Å². The third-order valence-electron chi connectivity index (χ3n) is 16.2. The largest absolute Gasteiger partial charge is 0.388 e. The van der Waals surface area contributed by atoms with E-state index in [0.717, 1.165) is 53.6 Å². The van der Waals surface area contributed by atoms with Gasteiger partial charge in [0.25, 0.3) is 0 Å². The third kappa shape index (κ3) is 2.64. The van der Waals surface area contributed by atoms with Crippen molar-refractivity contribution in [2.24, 2.45) is 34.5 Å². The number of aliphatic hydroxyl groups excluding tert-OH is 2. The average molecular weight is 620 g/mol. The smallest absolute Gasteiger partial charge is 0.153 e. The Bertz CT molecular complexity index is 1580. The van der Waals surface area contributed by atoms with E-state index in [1.165, 1.54) is 0 Å². The van der Waals surface area contributed by atoms with Crippen LogP contribution in [-0.4, -0.2) is 73.8 Å². The van der Waals surface area contributed by atoms with Gasteiger partial charge in [-0.05, 0) is 99.0 Å². The van der Waals surface area contributed by atoms with Crippen LogP contribution < -0.4 is 5.32 Å². The number of hydrogen-bond acceptors (Lipinski definition) is 8. The van der Waals surface area contributed by atoms with Crippen LogP contribution in [0.15, 0.2) is 24.3 Å². The van der Waals surface area contributed by atoms with Crippen molar-refractivity contribution in [1.29, 1.82) is 0 Å². The van der Waals surface area contributed by atoms with E-state index in [0.29, 0.717) is 6.42 Å². The van der Waals surface area contributed by atoms with Crippen molar-refractivity contribution in [3.63, 3.8) is 0 Å². The Balaban J connectivity index is 1.15. The molecular weight excluding hydrogens is 570 g/mol. The lowest BCUT2D eigenvalue weighted by Crippen LogP contribution is -2.76. The van der Waals surface area contributed by atoms with Gasteiger partial charge in [0.2, 0.25) is 0 Å². The van der Waals surface area contributed by atoms with Crippen LogP contribution in [0, 0.1) is 34.5 Å². The zero-order valence-corrected chi connectivity index (χ0v) is 27.3. The maximum absolute atomic E-state index is 13.2. The summed E-state index contributed by atoms with van der Waals surface area (Å²) in [4.78, 5) is 0. The predicted octanol–water partition coefficient (Wildman–Crippen LogP) is 4.05. The zero-order chi connectivity index (χ0) is 31.6. The molecule has 8 nitrogen and oxygen atoms in total. The van der Waals surface area contributed by atoms with E-state index < -0.39 is 57.7 Å². The monoisotopic (exact) mass is 619 g/mol. The minimum absolute atomic E-state index is 0.0177. The molecule has 1 spiro atoms. The molecule has 0 aromatic heterocycles. The molecule has 1 aromatic carbocycles. The second-order valence-corrected chi connectivity index (χ2v) is 17.7. The highest BCUT2D eigenvalue weighted by Crippen LogP contribution is 2.79. The minimum Gasteiger partial charge on any atom is -0.388 e. The molecule has 5 aliphatic carbocycles. The van der Waals surface area contributed by atoms with Crippen LogP contribution in [0.1, 0.15) is 102 Å². The molecule has 4 aliphatic heterocycles. The molecule has 0 amide bonds. The van der Waals surface area contributed by atoms with E-state index in [1.807, 2.05) is 13.0 Å². The van der Waals surface area contributed by atoms with Crippen LogP contribution in [0.5, 0.6) is 0 Å². The molecular formula is C37H49NO7. The number of hydrogen-bond donors (Lipinski definition) is 5. The summed E-state index contributed by atoms with van der Waals surface area (Å²) >= 11 is 0. The van der Waals surface area contributed by atoms with Gasteiger partial charge in [-0.15, -0.1) is 0 Å². The second-order valence-electron chi connectivity index (χ2n) is 17.7. The first-order valence-electron chi connectivity index (χ1n) is 17.5. The van der Waals surface area contributed by atoms with Gasteiger partial charge in [-0.3, -0.25) is 0 Å². The summed E-state index contributed by atoms with van der Waals surface area (Å²) in [5.41, 5.74) is 0.0118. The van der Waals surface area contributed by atoms with Gasteiger partial charge in [-0.1, -0.05) is 33.4 Å². The second kappa shape index (κ2) is 7.85. The summed E-state index contributed by atoms with van der Waals surface area (Å²) in [7, 11) is 0. The quantitative estimate of drug-likeness (QED) is 0.236. The fourth-order valence-corrected chi connectivity index (χ4v) is 13.9. The minimum atomic E-state index is -1.21. The Morgan fingerprint density at radius 3 is 2.51 bits per heavy atom. The lowest BCUT2D eigenvalue weighted by atomic mass is 9.40. The molecule has 4 heterocycles. The molecule has 0 radical (unpaired) electrons. The van der Waals surface area contributed by atoms with Gasteiger partial charge < -0.3 is 40.0 Å². The maximum atomic E-state index is 13.2. The number of fused-ring (bicyclic) bond motifs is 5. The Kier molecular flexibility index (Phi) is 4.97. The summed E-state index contributed by atoms with van der Waals surface area (Å²) < 4.78 is 20.4. The highest BCUT2D eigenvalue weighted by molar-refractivity contribution is 5.70. The molecule has 4 unspecified atom stereocenters. The lowest BCUT2D eigenvalue weighted by Gasteiger charge is -2.68. The molecule has 4 saturated carbocycles. The molecule has 10 rings (SSSR count). The van der Waals surface area contributed by atoms with Gasteiger partial charge >= 0.3 is 0 Å². The first-order valence-corrected chi connectivity index (χ1v) is 17.5. The number of rotatable bonds is 1. The fourth-order valence-electron chi connectivity index (χ4n) is 13.9. The van der Waals surface area contributed by atoms with Gasteiger partial charge in [0, 0.05) is 34.4 Å². The van der Waals surface area contributed by atoms with Gasteiger partial charge in [-0.25, -0.2) is 0 Å². The Morgan fingerprint density at radius 1 is 1.02 bits per heavy atom. The zero-order valence-electron chi connectivity index (χ0n) is 27.3. The molecule has 0 bridgehead atoms. The van der Waals surface area contributed by atoms with Crippen LogP contribution >= 0.6 is 0 Å². The molecule has 2 saturated heterocycles. The fraction of sp³-hybridized carbons (Fsp3) is 0.784. The Hall–Kier alpha value is -1.52. The summed E-state index contributed by atoms with van der Waals surface area (Å²) in [5.74, 6) is 0.00315. The summed E-state index contributed by atoms with van der Waals surface area (Å²) in [6, 6.07) is 4.11. The number of benzene rings is 1. The highest BCUT2D eigenvalue weighted by atomic mass is 16.7. The van der Waals surface area contributed by atoms with Crippen LogP contribution in [0.2, 0.25) is 0 Å². The van der Waals surface area contributed by atoms with Crippen molar-refractivity contribution in [3.8, 4) is 0 Å². The molecule has 8 heteroatoms. The number of ether oxygens (including phenoxy) is 3. The first-order chi connectivity index (χ1) is 21.1. The Morgan fingerprint density at radius 2 is 1.78 bits per heavy atom. The van der Waals surface area contributed by atoms with E-state index in [4.69, 9.17) is 14.2 Å². The maximum Gasteiger partial charge on any atom is 0.153 e. The van der Waals surface area contributed by atoms with E-state index in [2.05, 4.69) is 52.6 Å². The molecule has 6 fully saturated rings. The van der Waals surface area contributed by atoms with E-state index in [9.17, 15) is 20.4 Å². The summed E-state index contributed by atoms with van der Waals surface area (Å²) in [6.07, 6.45) is 0.777. The van der Waals surface area contributed by atoms with E-state index in [1.54, 1.807) is 0 Å². The predicted molar refractivity (Wildman–Crippen MR) is 165 cm³/mol. The Labute approximate surface area is 265 Å². The summed E-state index contributed by atoms with van der Waals surface area (Å²) in [6.45, 7) is 17.0. The standard InChI is InChI=1S/C37H49NO7/c1-15(2)28-27(40)31-37(45-31)22(43-28)11-12-33(6)34(7)18(10-13-35(33,37)41)29-24-23-20(38-30(24)34)9-8-17-25(23)36(42)19(16(3)26(17)39)14-21(36)32(4,5)44-29/h8-9,16,18-19,21-22,24,26-31,38-42H,1,10-14H2,2-7H3/t16?,18-,19+,21+,22-,24?,26?,27-,28+,29-,30?,31+,33+,34+,35-,36+,37-/m0/s1. The molecule has 244 valence electrons. The first kappa shape index (κ1) is 28.5. The van der Waals surface area contributed by atoms with Crippen molar-refractivity contribution < 1.29 is 34.6 Å². The third-order valence-corrected chi connectivity index (χ3v) is 16.2. The van der Waals surface area contributed by atoms with Gasteiger partial charge in [0.1, 0.15) is 23.9 Å². The molecule has 17 atom stereocenters. The van der Waals surface area contributed by atoms with Gasteiger partial charge in [-0.2, -0.15) is 0 Å². The van der Waals surface area contributed by atoms with E-state index in [-0.39, 0.29) is 47.8 Å². The molecule has 45 heavy (non-hydrogen) atoms. The van der Waals surface area contributed by atoms with Crippen LogP contribution in [0.4, 0.5) is 5.69 Å². The highest BCUT2D eigenvalue weighted by Gasteiger charge is 2.88. The van der Waals surface area contributed by atoms with Crippen molar-refractivity contribution in [2.45, 2.75) is 145 Å². The van der Waals surface area contributed by atoms with Crippen molar-refractivity contribution in [1.82, 2.24) is 0 Å². The lowest BCUT2D eigenvalue weighted by molar-refractivity contribution is -0.296. The van der Waals surface area contributed by atoms with Gasteiger partial charge in [0.05, 0.1) is 29.5 Å². The normalized spacial score (nSPS) is 60.0. The van der Waals surface area contributed by atoms with Crippen molar-refractivity contribution in [2.75, 3.05) is 5.32 Å². The average Bonchev–Trinajstić information content (AvgIpc) is 3.56. The summed E-state index contributed by atoms with van der Waals surface area (Å²) in [5, 5.41) is 53.0. The number of nitrogens with one attached hydrogen (secondary N) is 1. The van der Waals surface area contributed by atoms with Crippen molar-refractivity contribution in [3.05, 3.63) is 41.0 Å². The molecule has 1 aromatic rings. The number of aliphatic hydroxyl groups is 4. The number of epoxide rings is 1.